The maximum absolute atomic E-state index is 12.1. The molecule has 0 aliphatic heterocycles. The van der Waals surface area contributed by atoms with Gasteiger partial charge in [0.25, 0.3) is 5.56 Å². The van der Waals surface area contributed by atoms with Gasteiger partial charge in [-0.05, 0) is 38.2 Å². The van der Waals surface area contributed by atoms with E-state index < -0.39 is 17.1 Å². The lowest BCUT2D eigenvalue weighted by Crippen LogP contribution is -2.32. The van der Waals surface area contributed by atoms with E-state index in [1.807, 2.05) is 25.1 Å². The van der Waals surface area contributed by atoms with Crippen LogP contribution in [0.3, 0.4) is 0 Å². The molecule has 1 aromatic carbocycles. The number of methoxy groups -OCH3 is 2. The largest absolute Gasteiger partial charge is 0.494 e. The number of nitrogens with one attached hydrogen (secondary N) is 1. The van der Waals surface area contributed by atoms with E-state index in [1.54, 1.807) is 26.4 Å². The Balaban J connectivity index is 2.23. The topological polar surface area (TPSA) is 109 Å². The Labute approximate surface area is 162 Å². The minimum absolute atomic E-state index is 0.0364. The number of likely N-dealkylation sites (N-methyl/N-ethyl adjacent to an activating group) is 1. The summed E-state index contributed by atoms with van der Waals surface area (Å²) in [6.45, 7) is 1.35. The molecular formula is C19H26N4O5. The predicted molar refractivity (Wildman–Crippen MR) is 107 cm³/mol. The zero-order valence-corrected chi connectivity index (χ0v) is 16.6. The quantitative estimate of drug-likeness (QED) is 0.603. The summed E-state index contributed by atoms with van der Waals surface area (Å²) in [5, 5.41) is 10.4. The Morgan fingerprint density at radius 3 is 2.57 bits per heavy atom. The molecule has 0 fully saturated rings. The Hall–Kier alpha value is -3.07. The second-order valence-corrected chi connectivity index (χ2v) is 6.43. The normalized spacial score (nSPS) is 11.3. The van der Waals surface area contributed by atoms with E-state index in [0.717, 1.165) is 10.1 Å². The van der Waals surface area contributed by atoms with Crippen LogP contribution in [0.2, 0.25) is 0 Å². The van der Waals surface area contributed by atoms with Gasteiger partial charge in [-0.2, -0.15) is 0 Å². The number of aromatic nitrogens is 2. The smallest absolute Gasteiger partial charge is 0.331 e. The molecule has 1 aromatic heterocycles. The molecule has 0 aliphatic rings. The molecule has 1 heterocycles. The first kappa shape index (κ1) is 21.2. The van der Waals surface area contributed by atoms with Crippen molar-refractivity contribution in [3.63, 3.8) is 0 Å². The van der Waals surface area contributed by atoms with Gasteiger partial charge in [-0.1, -0.05) is 6.07 Å². The molecule has 0 saturated heterocycles. The molecule has 0 saturated carbocycles. The molecular weight excluding hydrogens is 364 g/mol. The highest BCUT2D eigenvalue weighted by Gasteiger charge is 2.13. The fraction of sp³-hybridized carbons (Fsp3) is 0.421. The number of rotatable bonds is 9. The molecule has 0 spiro atoms. The third kappa shape index (κ3) is 5.23. The van der Waals surface area contributed by atoms with Crippen molar-refractivity contribution in [1.29, 1.82) is 0 Å². The zero-order chi connectivity index (χ0) is 20.7. The average molecular weight is 390 g/mol. The highest BCUT2D eigenvalue weighted by atomic mass is 16.5. The van der Waals surface area contributed by atoms with Gasteiger partial charge in [-0.3, -0.25) is 19.3 Å². The van der Waals surface area contributed by atoms with Gasteiger partial charge in [0, 0.05) is 19.3 Å². The lowest BCUT2D eigenvalue weighted by molar-refractivity contribution is 0.354. The van der Waals surface area contributed by atoms with Gasteiger partial charge >= 0.3 is 5.69 Å². The van der Waals surface area contributed by atoms with E-state index in [-0.39, 0.29) is 12.1 Å². The summed E-state index contributed by atoms with van der Waals surface area (Å²) in [6, 6.07) is 5.42. The van der Waals surface area contributed by atoms with Crippen molar-refractivity contribution >= 4 is 6.21 Å². The summed E-state index contributed by atoms with van der Waals surface area (Å²) in [7, 11) is 6.92. The number of aryl methyl sites for hydroxylation is 1. The molecule has 0 atom stereocenters. The molecule has 0 unspecified atom stereocenters. The third-order valence-corrected chi connectivity index (χ3v) is 4.18. The molecule has 2 rings (SSSR count). The third-order valence-electron chi connectivity index (χ3n) is 4.18. The van der Waals surface area contributed by atoms with Crippen LogP contribution in [0.5, 0.6) is 17.4 Å². The second-order valence-electron chi connectivity index (χ2n) is 6.43. The van der Waals surface area contributed by atoms with Crippen LogP contribution in [0.15, 0.2) is 32.8 Å². The first-order chi connectivity index (χ1) is 13.4. The molecule has 152 valence electrons. The molecule has 0 aliphatic carbocycles. The van der Waals surface area contributed by atoms with Gasteiger partial charge < -0.3 is 19.5 Å². The molecule has 2 aromatic rings. The summed E-state index contributed by atoms with van der Waals surface area (Å²) in [4.78, 5) is 32.4. The van der Waals surface area contributed by atoms with Crippen LogP contribution >= 0.6 is 0 Å². The minimum atomic E-state index is -0.673. The van der Waals surface area contributed by atoms with Crippen molar-refractivity contribution < 1.29 is 14.6 Å². The number of hydrogen-bond acceptors (Lipinski definition) is 7. The molecule has 0 amide bonds. The van der Waals surface area contributed by atoms with E-state index >= 15 is 0 Å². The Bertz CT molecular complexity index is 946. The molecule has 9 nitrogen and oxygen atoms in total. The summed E-state index contributed by atoms with van der Waals surface area (Å²) < 4.78 is 11.6. The monoisotopic (exact) mass is 390 g/mol. The van der Waals surface area contributed by atoms with Crippen LogP contribution in [0.25, 0.3) is 0 Å². The van der Waals surface area contributed by atoms with Crippen molar-refractivity contribution in [3.05, 3.63) is 50.2 Å². The average Bonchev–Trinajstić information content (AvgIpc) is 2.66. The second kappa shape index (κ2) is 9.75. The van der Waals surface area contributed by atoms with Crippen LogP contribution in [0.4, 0.5) is 0 Å². The molecule has 0 bridgehead atoms. The van der Waals surface area contributed by atoms with Crippen LogP contribution in [-0.4, -0.2) is 67.2 Å². The molecule has 0 radical (unpaired) electrons. The number of hydrogen-bond donors (Lipinski definition) is 2. The molecule has 2 N–H and O–H groups in total. The van der Waals surface area contributed by atoms with E-state index in [9.17, 15) is 14.7 Å². The van der Waals surface area contributed by atoms with E-state index in [2.05, 4.69) is 9.98 Å². The summed E-state index contributed by atoms with van der Waals surface area (Å²) in [5.41, 5.74) is -0.492. The number of aliphatic imine (C=N–C) groups is 1. The van der Waals surface area contributed by atoms with Crippen molar-refractivity contribution in [2.45, 2.75) is 13.0 Å². The highest BCUT2D eigenvalue weighted by Crippen LogP contribution is 2.27. The van der Waals surface area contributed by atoms with Crippen molar-refractivity contribution in [3.8, 4) is 17.4 Å². The van der Waals surface area contributed by atoms with E-state index in [4.69, 9.17) is 9.47 Å². The molecule has 9 heteroatoms. The van der Waals surface area contributed by atoms with Crippen molar-refractivity contribution in [2.24, 2.45) is 4.99 Å². The lowest BCUT2D eigenvalue weighted by Gasteiger charge is -2.12. The van der Waals surface area contributed by atoms with Crippen LogP contribution in [-0.2, 0) is 13.0 Å². The van der Waals surface area contributed by atoms with Gasteiger partial charge in [0.1, 0.15) is 5.56 Å². The number of benzene rings is 1. The number of nitrogens with zero attached hydrogens (tertiary/aromatic N) is 3. The maximum Gasteiger partial charge on any atom is 0.331 e. The van der Waals surface area contributed by atoms with E-state index in [1.165, 1.54) is 6.21 Å². The van der Waals surface area contributed by atoms with Gasteiger partial charge in [0.15, 0.2) is 11.5 Å². The van der Waals surface area contributed by atoms with Crippen molar-refractivity contribution in [1.82, 2.24) is 14.5 Å². The summed E-state index contributed by atoms with van der Waals surface area (Å²) >= 11 is 0. The van der Waals surface area contributed by atoms with Gasteiger partial charge in [-0.15, -0.1) is 0 Å². The standard InChI is InChI=1S/C19H26N4O5/c1-22(2)10-8-20-12-14-17(24)21-19(26)23(18(14)25)9-7-13-5-6-15(27-3)16(11-13)28-4/h5-6,11-12,25H,7-10H2,1-4H3,(H,21,24,26). The van der Waals surface area contributed by atoms with Crippen molar-refractivity contribution in [2.75, 3.05) is 41.4 Å². The first-order valence-corrected chi connectivity index (χ1v) is 8.79. The first-order valence-electron chi connectivity index (χ1n) is 8.79. The number of aromatic amines is 1. The Kier molecular flexibility index (Phi) is 7.39. The maximum atomic E-state index is 12.1. The highest BCUT2D eigenvalue weighted by molar-refractivity contribution is 5.81. The van der Waals surface area contributed by atoms with Crippen LogP contribution < -0.4 is 20.7 Å². The number of aromatic hydroxyl groups is 1. The predicted octanol–water partition coefficient (Wildman–Crippen LogP) is 0.483. The zero-order valence-electron chi connectivity index (χ0n) is 16.6. The number of ether oxygens (including phenoxy) is 2. The van der Waals surface area contributed by atoms with Gasteiger partial charge in [-0.25, -0.2) is 4.79 Å². The Morgan fingerprint density at radius 1 is 1.21 bits per heavy atom. The molecule has 28 heavy (non-hydrogen) atoms. The summed E-state index contributed by atoms with van der Waals surface area (Å²) in [6.07, 6.45) is 1.74. The minimum Gasteiger partial charge on any atom is -0.494 e. The fourth-order valence-corrected chi connectivity index (χ4v) is 2.59. The van der Waals surface area contributed by atoms with Gasteiger partial charge in [0.05, 0.1) is 20.8 Å². The fourth-order valence-electron chi connectivity index (χ4n) is 2.59. The lowest BCUT2D eigenvalue weighted by atomic mass is 10.1. The summed E-state index contributed by atoms with van der Waals surface area (Å²) in [5.74, 6) is 0.779. The van der Waals surface area contributed by atoms with E-state index in [0.29, 0.717) is 31.0 Å². The Morgan fingerprint density at radius 2 is 1.93 bits per heavy atom. The van der Waals surface area contributed by atoms with Gasteiger partial charge in [0.2, 0.25) is 5.88 Å². The SMILES string of the molecule is COc1ccc(CCn2c(O)c(C=NCCN(C)C)c(=O)[nH]c2=O)cc1OC. The number of H-pyrrole nitrogens is 1. The van der Waals surface area contributed by atoms with Crippen LogP contribution in [0.1, 0.15) is 11.1 Å². The van der Waals surface area contributed by atoms with Crippen LogP contribution in [0, 0.1) is 0 Å².